The van der Waals surface area contributed by atoms with E-state index < -0.39 is 6.10 Å². The lowest BCUT2D eigenvalue weighted by atomic mass is 9.90. The molecule has 0 aliphatic carbocycles. The van der Waals surface area contributed by atoms with Gasteiger partial charge in [-0.05, 0) is 45.8 Å². The summed E-state index contributed by atoms with van der Waals surface area (Å²) in [5.74, 6) is 0.684. The number of methoxy groups -OCH3 is 1. The fourth-order valence-corrected chi connectivity index (χ4v) is 2.57. The summed E-state index contributed by atoms with van der Waals surface area (Å²) in [7, 11) is 1.61. The third-order valence-electron chi connectivity index (χ3n) is 3.88. The van der Waals surface area contributed by atoms with Crippen LogP contribution in [0.25, 0.3) is 0 Å². The molecule has 0 aromatic carbocycles. The van der Waals surface area contributed by atoms with Crippen molar-refractivity contribution in [3.8, 4) is 5.75 Å². The van der Waals surface area contributed by atoms with Crippen LogP contribution in [0.15, 0.2) is 18.5 Å². The SMILES string of the molecule is COc1cncc(C(O)C(C)(C)N2CCCC2)c1. The van der Waals surface area contributed by atoms with Gasteiger partial charge in [0.1, 0.15) is 5.75 Å². The molecule has 18 heavy (non-hydrogen) atoms. The molecule has 1 aromatic heterocycles. The van der Waals surface area contributed by atoms with Crippen LogP contribution in [0.4, 0.5) is 0 Å². The van der Waals surface area contributed by atoms with E-state index in [1.54, 1.807) is 19.5 Å². The zero-order valence-electron chi connectivity index (χ0n) is 11.4. The quantitative estimate of drug-likeness (QED) is 0.887. The van der Waals surface area contributed by atoms with Gasteiger partial charge >= 0.3 is 0 Å². The Morgan fingerprint density at radius 2 is 2.00 bits per heavy atom. The van der Waals surface area contributed by atoms with Crippen molar-refractivity contribution in [2.45, 2.75) is 38.3 Å². The van der Waals surface area contributed by atoms with Gasteiger partial charge in [-0.2, -0.15) is 0 Å². The fourth-order valence-electron chi connectivity index (χ4n) is 2.57. The summed E-state index contributed by atoms with van der Waals surface area (Å²) in [6.45, 7) is 6.29. The molecule has 0 radical (unpaired) electrons. The van der Waals surface area contributed by atoms with Crippen LogP contribution >= 0.6 is 0 Å². The van der Waals surface area contributed by atoms with Gasteiger partial charge in [-0.3, -0.25) is 9.88 Å². The van der Waals surface area contributed by atoms with E-state index in [1.165, 1.54) is 12.8 Å². The zero-order chi connectivity index (χ0) is 13.2. The summed E-state index contributed by atoms with van der Waals surface area (Å²) in [5.41, 5.74) is 0.538. The second kappa shape index (κ2) is 5.24. The molecule has 4 heteroatoms. The van der Waals surface area contributed by atoms with Crippen molar-refractivity contribution in [3.05, 3.63) is 24.0 Å². The Kier molecular flexibility index (Phi) is 3.88. The molecule has 0 amide bonds. The fraction of sp³-hybridized carbons (Fsp3) is 0.643. The van der Waals surface area contributed by atoms with Gasteiger partial charge in [0.2, 0.25) is 0 Å². The monoisotopic (exact) mass is 250 g/mol. The van der Waals surface area contributed by atoms with Crippen LogP contribution < -0.4 is 4.74 Å². The molecule has 1 unspecified atom stereocenters. The van der Waals surface area contributed by atoms with Gasteiger partial charge in [-0.1, -0.05) is 0 Å². The van der Waals surface area contributed by atoms with Gasteiger partial charge in [0.15, 0.2) is 0 Å². The molecule has 1 atom stereocenters. The highest BCUT2D eigenvalue weighted by Crippen LogP contribution is 2.34. The van der Waals surface area contributed by atoms with Crippen LogP contribution in [0.2, 0.25) is 0 Å². The summed E-state index contributed by atoms with van der Waals surface area (Å²) in [5, 5.41) is 10.6. The summed E-state index contributed by atoms with van der Waals surface area (Å²) in [4.78, 5) is 6.46. The van der Waals surface area contributed by atoms with Crippen LogP contribution in [0, 0.1) is 0 Å². The molecule has 1 aromatic rings. The second-order valence-corrected chi connectivity index (χ2v) is 5.41. The number of nitrogens with zero attached hydrogens (tertiary/aromatic N) is 2. The highest BCUT2D eigenvalue weighted by molar-refractivity contribution is 5.27. The Morgan fingerprint density at radius 1 is 1.33 bits per heavy atom. The number of hydrogen-bond donors (Lipinski definition) is 1. The second-order valence-electron chi connectivity index (χ2n) is 5.41. The van der Waals surface area contributed by atoms with E-state index in [4.69, 9.17) is 4.74 Å². The van der Waals surface area contributed by atoms with Gasteiger partial charge in [0, 0.05) is 17.3 Å². The Bertz CT molecular complexity index is 401. The average Bonchev–Trinajstić information content (AvgIpc) is 2.92. The van der Waals surface area contributed by atoms with Crippen molar-refractivity contribution in [1.29, 1.82) is 0 Å². The minimum Gasteiger partial charge on any atom is -0.495 e. The predicted molar refractivity (Wildman–Crippen MR) is 70.6 cm³/mol. The van der Waals surface area contributed by atoms with Crippen molar-refractivity contribution in [1.82, 2.24) is 9.88 Å². The normalized spacial score (nSPS) is 18.9. The molecule has 1 N–H and O–H groups in total. The standard InChI is InChI=1S/C14H22N2O2/c1-14(2,16-6-4-5-7-16)13(17)11-8-12(18-3)10-15-9-11/h8-10,13,17H,4-7H2,1-3H3. The first-order valence-corrected chi connectivity index (χ1v) is 6.48. The molecular weight excluding hydrogens is 228 g/mol. The minimum atomic E-state index is -0.557. The van der Waals surface area contributed by atoms with Crippen molar-refractivity contribution < 1.29 is 9.84 Å². The highest BCUT2D eigenvalue weighted by Gasteiger charge is 2.36. The predicted octanol–water partition coefficient (Wildman–Crippen LogP) is 2.00. The summed E-state index contributed by atoms with van der Waals surface area (Å²) in [6, 6.07) is 1.86. The Balaban J connectivity index is 2.20. The van der Waals surface area contributed by atoms with E-state index in [0.29, 0.717) is 5.75 Å². The largest absolute Gasteiger partial charge is 0.495 e. The number of pyridine rings is 1. The van der Waals surface area contributed by atoms with Gasteiger partial charge in [0.25, 0.3) is 0 Å². The number of aromatic nitrogens is 1. The number of rotatable bonds is 4. The molecule has 0 bridgehead atoms. The summed E-state index contributed by atoms with van der Waals surface area (Å²) >= 11 is 0. The number of hydrogen-bond acceptors (Lipinski definition) is 4. The number of aliphatic hydroxyl groups excluding tert-OH is 1. The Hall–Kier alpha value is -1.13. The first-order valence-electron chi connectivity index (χ1n) is 6.48. The van der Waals surface area contributed by atoms with Crippen LogP contribution in [0.5, 0.6) is 5.75 Å². The molecule has 2 rings (SSSR count). The highest BCUT2D eigenvalue weighted by atomic mass is 16.5. The van der Waals surface area contributed by atoms with Crippen LogP contribution in [0.3, 0.4) is 0 Å². The third kappa shape index (κ3) is 2.49. The maximum atomic E-state index is 10.6. The van der Waals surface area contributed by atoms with E-state index in [1.807, 2.05) is 6.07 Å². The summed E-state index contributed by atoms with van der Waals surface area (Å²) in [6.07, 6.45) is 5.24. The smallest absolute Gasteiger partial charge is 0.137 e. The molecule has 1 aliphatic heterocycles. The van der Waals surface area contributed by atoms with E-state index in [9.17, 15) is 5.11 Å². The van der Waals surface area contributed by atoms with Crippen LogP contribution in [-0.2, 0) is 0 Å². The molecule has 1 saturated heterocycles. The van der Waals surface area contributed by atoms with Gasteiger partial charge in [-0.25, -0.2) is 0 Å². The van der Waals surface area contributed by atoms with E-state index in [2.05, 4.69) is 23.7 Å². The molecular formula is C14H22N2O2. The van der Waals surface area contributed by atoms with E-state index in [0.717, 1.165) is 18.7 Å². The Morgan fingerprint density at radius 3 is 2.61 bits per heavy atom. The third-order valence-corrected chi connectivity index (χ3v) is 3.88. The molecule has 100 valence electrons. The maximum absolute atomic E-state index is 10.6. The lowest BCUT2D eigenvalue weighted by Gasteiger charge is -2.39. The lowest BCUT2D eigenvalue weighted by Crippen LogP contribution is -2.46. The number of likely N-dealkylation sites (tertiary alicyclic amines) is 1. The topological polar surface area (TPSA) is 45.6 Å². The van der Waals surface area contributed by atoms with Crippen molar-refractivity contribution in [2.75, 3.05) is 20.2 Å². The van der Waals surface area contributed by atoms with Crippen LogP contribution in [-0.4, -0.2) is 40.7 Å². The zero-order valence-corrected chi connectivity index (χ0v) is 11.4. The number of aliphatic hydroxyl groups is 1. The van der Waals surface area contributed by atoms with E-state index >= 15 is 0 Å². The average molecular weight is 250 g/mol. The first-order chi connectivity index (χ1) is 8.55. The summed E-state index contributed by atoms with van der Waals surface area (Å²) < 4.78 is 5.16. The first kappa shape index (κ1) is 13.3. The molecule has 1 aliphatic rings. The molecule has 1 fully saturated rings. The molecule has 2 heterocycles. The lowest BCUT2D eigenvalue weighted by molar-refractivity contribution is 0.00103. The van der Waals surface area contributed by atoms with Gasteiger partial charge < -0.3 is 9.84 Å². The van der Waals surface area contributed by atoms with Gasteiger partial charge in [-0.15, -0.1) is 0 Å². The Labute approximate surface area is 109 Å². The van der Waals surface area contributed by atoms with Crippen molar-refractivity contribution >= 4 is 0 Å². The number of ether oxygens (including phenoxy) is 1. The van der Waals surface area contributed by atoms with Crippen LogP contribution in [0.1, 0.15) is 38.4 Å². The molecule has 4 nitrogen and oxygen atoms in total. The minimum absolute atomic E-state index is 0.273. The molecule has 0 saturated carbocycles. The van der Waals surface area contributed by atoms with Crippen molar-refractivity contribution in [2.24, 2.45) is 0 Å². The van der Waals surface area contributed by atoms with Crippen molar-refractivity contribution in [3.63, 3.8) is 0 Å². The van der Waals surface area contributed by atoms with Gasteiger partial charge in [0.05, 0.1) is 19.4 Å². The molecule has 0 spiro atoms. The maximum Gasteiger partial charge on any atom is 0.137 e. The van der Waals surface area contributed by atoms with E-state index in [-0.39, 0.29) is 5.54 Å².